The van der Waals surface area contributed by atoms with Gasteiger partial charge in [0.1, 0.15) is 5.75 Å². The molecule has 1 aromatic carbocycles. The zero-order valence-corrected chi connectivity index (χ0v) is 16.2. The van der Waals surface area contributed by atoms with Gasteiger partial charge in [-0.3, -0.25) is 4.79 Å². The maximum Gasteiger partial charge on any atom is 0.223 e. The van der Waals surface area contributed by atoms with Crippen molar-refractivity contribution >= 4 is 34.2 Å². The summed E-state index contributed by atoms with van der Waals surface area (Å²) in [6, 6.07) is 6.41. The van der Waals surface area contributed by atoms with Crippen LogP contribution in [-0.4, -0.2) is 29.5 Å². The Balaban J connectivity index is 0.00000264. The van der Waals surface area contributed by atoms with Crippen LogP contribution in [-0.2, 0) is 11.3 Å². The van der Waals surface area contributed by atoms with Crippen molar-refractivity contribution in [2.24, 2.45) is 5.73 Å². The van der Waals surface area contributed by atoms with Crippen LogP contribution >= 0.6 is 28.3 Å². The van der Waals surface area contributed by atoms with Crippen molar-refractivity contribution in [1.29, 1.82) is 0 Å². The van der Waals surface area contributed by atoms with Gasteiger partial charge in [-0.25, -0.2) is 0 Å². The van der Waals surface area contributed by atoms with Gasteiger partial charge in [0.25, 0.3) is 0 Å². The molecule has 1 amide bonds. The third-order valence-electron chi connectivity index (χ3n) is 3.78. The second-order valence-corrected chi connectivity index (χ2v) is 6.87. The third-order valence-corrected chi connectivity index (χ3v) is 4.28. The Bertz CT molecular complexity index is 521. The summed E-state index contributed by atoms with van der Waals surface area (Å²) in [5, 5.41) is 0. The van der Waals surface area contributed by atoms with E-state index in [2.05, 4.69) is 15.9 Å². The number of nitrogens with two attached hydrogens (primary N) is 1. The van der Waals surface area contributed by atoms with Crippen LogP contribution in [0.3, 0.4) is 0 Å². The van der Waals surface area contributed by atoms with Crippen LogP contribution in [0.5, 0.6) is 5.75 Å². The Labute approximate surface area is 153 Å². The van der Waals surface area contributed by atoms with Gasteiger partial charge in [-0.15, -0.1) is 12.4 Å². The number of hydrogen-bond donors (Lipinski definition) is 1. The van der Waals surface area contributed by atoms with Gasteiger partial charge in [-0.05, 0) is 51.3 Å². The lowest BCUT2D eigenvalue weighted by Gasteiger charge is -2.24. The van der Waals surface area contributed by atoms with Crippen molar-refractivity contribution in [3.8, 4) is 5.75 Å². The fourth-order valence-electron chi connectivity index (χ4n) is 2.45. The Morgan fingerprint density at radius 2 is 2.17 bits per heavy atom. The molecule has 6 heteroatoms. The Morgan fingerprint density at radius 3 is 2.74 bits per heavy atom. The van der Waals surface area contributed by atoms with E-state index < -0.39 is 0 Å². The van der Waals surface area contributed by atoms with E-state index in [4.69, 9.17) is 10.5 Å². The topological polar surface area (TPSA) is 55.6 Å². The van der Waals surface area contributed by atoms with Gasteiger partial charge >= 0.3 is 0 Å². The molecule has 0 spiro atoms. The first-order valence-corrected chi connectivity index (χ1v) is 8.76. The van der Waals surface area contributed by atoms with Gasteiger partial charge < -0.3 is 15.4 Å². The molecular formula is C17H26BrClN2O2. The molecule has 0 aliphatic heterocycles. The lowest BCUT2D eigenvalue weighted by Crippen LogP contribution is -2.33. The molecule has 1 aromatic rings. The predicted octanol–water partition coefficient (Wildman–Crippen LogP) is 3.89. The summed E-state index contributed by atoms with van der Waals surface area (Å²) in [7, 11) is 0. The molecule has 1 aliphatic rings. The molecular weight excluding hydrogens is 380 g/mol. The molecule has 0 saturated heterocycles. The molecule has 0 heterocycles. The fraction of sp³-hybridized carbons (Fsp3) is 0.588. The highest BCUT2D eigenvalue weighted by Crippen LogP contribution is 2.32. The van der Waals surface area contributed by atoms with Crippen LogP contribution in [0.15, 0.2) is 22.7 Å². The SMILES string of the molecule is CCOc1ccc(Br)cc1CN(C(=O)CCC(C)N)C1CC1.Cl. The summed E-state index contributed by atoms with van der Waals surface area (Å²) in [4.78, 5) is 14.5. The summed E-state index contributed by atoms with van der Waals surface area (Å²) < 4.78 is 6.70. The smallest absolute Gasteiger partial charge is 0.223 e. The maximum absolute atomic E-state index is 12.5. The summed E-state index contributed by atoms with van der Waals surface area (Å²) in [5.74, 6) is 1.05. The third kappa shape index (κ3) is 6.32. The van der Waals surface area contributed by atoms with Crippen molar-refractivity contribution in [3.63, 3.8) is 0 Å². The van der Waals surface area contributed by atoms with E-state index in [0.717, 1.165) is 35.0 Å². The highest BCUT2D eigenvalue weighted by molar-refractivity contribution is 9.10. The molecule has 0 radical (unpaired) electrons. The number of amides is 1. The van der Waals surface area contributed by atoms with Crippen LogP contribution < -0.4 is 10.5 Å². The summed E-state index contributed by atoms with van der Waals surface area (Å²) >= 11 is 3.50. The van der Waals surface area contributed by atoms with Crippen molar-refractivity contribution in [3.05, 3.63) is 28.2 Å². The first kappa shape index (κ1) is 20.3. The first-order chi connectivity index (χ1) is 10.5. The average Bonchev–Trinajstić information content (AvgIpc) is 3.29. The number of benzene rings is 1. The largest absolute Gasteiger partial charge is 0.494 e. The molecule has 4 nitrogen and oxygen atoms in total. The molecule has 23 heavy (non-hydrogen) atoms. The van der Waals surface area contributed by atoms with E-state index in [0.29, 0.717) is 25.6 Å². The quantitative estimate of drug-likeness (QED) is 0.714. The maximum atomic E-state index is 12.5. The van der Waals surface area contributed by atoms with Gasteiger partial charge in [0, 0.05) is 35.1 Å². The van der Waals surface area contributed by atoms with Crippen molar-refractivity contribution in [2.75, 3.05) is 6.61 Å². The van der Waals surface area contributed by atoms with Crippen LogP contribution in [0.2, 0.25) is 0 Å². The fourth-order valence-corrected chi connectivity index (χ4v) is 2.86. The molecule has 2 N–H and O–H groups in total. The van der Waals surface area contributed by atoms with Crippen LogP contribution in [0.1, 0.15) is 45.1 Å². The molecule has 1 aliphatic carbocycles. The summed E-state index contributed by atoms with van der Waals surface area (Å²) in [6.45, 7) is 5.14. The number of carbonyl (C=O) groups excluding carboxylic acids is 1. The molecule has 0 aromatic heterocycles. The zero-order valence-electron chi connectivity index (χ0n) is 13.8. The van der Waals surface area contributed by atoms with Crippen LogP contribution in [0, 0.1) is 0 Å². The van der Waals surface area contributed by atoms with Gasteiger partial charge in [0.2, 0.25) is 5.91 Å². The highest BCUT2D eigenvalue weighted by atomic mass is 79.9. The monoisotopic (exact) mass is 404 g/mol. The zero-order chi connectivity index (χ0) is 16.1. The van der Waals surface area contributed by atoms with E-state index in [-0.39, 0.29) is 24.4 Å². The molecule has 130 valence electrons. The lowest BCUT2D eigenvalue weighted by molar-refractivity contribution is -0.132. The van der Waals surface area contributed by atoms with Crippen LogP contribution in [0.25, 0.3) is 0 Å². The Morgan fingerprint density at radius 1 is 1.48 bits per heavy atom. The minimum Gasteiger partial charge on any atom is -0.494 e. The average molecular weight is 406 g/mol. The van der Waals surface area contributed by atoms with Gasteiger partial charge in [-0.1, -0.05) is 15.9 Å². The van der Waals surface area contributed by atoms with Crippen molar-refractivity contribution in [2.45, 2.75) is 58.2 Å². The molecule has 1 saturated carbocycles. The normalized spacial score (nSPS) is 14.8. The number of carbonyl (C=O) groups is 1. The number of halogens is 2. The summed E-state index contributed by atoms with van der Waals surface area (Å²) in [6.07, 6.45) is 3.45. The van der Waals surface area contributed by atoms with Crippen molar-refractivity contribution in [1.82, 2.24) is 4.90 Å². The Hall–Kier alpha value is -0.780. The second-order valence-electron chi connectivity index (χ2n) is 5.95. The minimum atomic E-state index is 0. The van der Waals surface area contributed by atoms with E-state index >= 15 is 0 Å². The predicted molar refractivity (Wildman–Crippen MR) is 99.0 cm³/mol. The van der Waals surface area contributed by atoms with E-state index in [9.17, 15) is 4.79 Å². The van der Waals surface area contributed by atoms with E-state index in [1.165, 1.54) is 0 Å². The number of rotatable bonds is 8. The molecule has 1 unspecified atom stereocenters. The molecule has 1 fully saturated rings. The molecule has 2 rings (SSSR count). The standard InChI is InChI=1S/C17H25BrN2O2.ClH/c1-3-22-16-8-5-14(18)10-13(16)11-20(15-6-7-15)17(21)9-4-12(2)19;/h5,8,10,12,15H,3-4,6-7,9,11,19H2,1-2H3;1H. The molecule has 0 bridgehead atoms. The van der Waals surface area contributed by atoms with Crippen molar-refractivity contribution < 1.29 is 9.53 Å². The molecule has 1 atom stereocenters. The summed E-state index contributed by atoms with van der Waals surface area (Å²) in [5.41, 5.74) is 6.82. The van der Waals surface area contributed by atoms with Crippen LogP contribution in [0.4, 0.5) is 0 Å². The number of ether oxygens (including phenoxy) is 1. The minimum absolute atomic E-state index is 0. The highest BCUT2D eigenvalue weighted by Gasteiger charge is 2.32. The lowest BCUT2D eigenvalue weighted by atomic mass is 10.1. The van der Waals surface area contributed by atoms with E-state index in [1.807, 2.05) is 36.9 Å². The van der Waals surface area contributed by atoms with Gasteiger partial charge in [0.15, 0.2) is 0 Å². The van der Waals surface area contributed by atoms with E-state index in [1.54, 1.807) is 0 Å². The van der Waals surface area contributed by atoms with Gasteiger partial charge in [-0.2, -0.15) is 0 Å². The van der Waals surface area contributed by atoms with Gasteiger partial charge in [0.05, 0.1) is 6.61 Å². The second kappa shape index (κ2) is 9.50. The first-order valence-electron chi connectivity index (χ1n) is 7.97. The Kier molecular flexibility index (Phi) is 8.37. The number of hydrogen-bond acceptors (Lipinski definition) is 3. The number of nitrogens with zero attached hydrogens (tertiary/aromatic N) is 1.